The van der Waals surface area contributed by atoms with Gasteiger partial charge in [-0.1, -0.05) is 27.2 Å². The van der Waals surface area contributed by atoms with Crippen molar-refractivity contribution in [1.29, 1.82) is 0 Å². The van der Waals surface area contributed by atoms with E-state index in [1.54, 1.807) is 4.88 Å². The minimum atomic E-state index is 0.545. The highest BCUT2D eigenvalue weighted by Crippen LogP contribution is 2.33. The molecule has 0 aromatic carbocycles. The molecule has 1 aromatic heterocycles. The van der Waals surface area contributed by atoms with Crippen molar-refractivity contribution in [2.75, 3.05) is 6.54 Å². The van der Waals surface area contributed by atoms with Crippen LogP contribution in [0.1, 0.15) is 55.0 Å². The monoisotopic (exact) mass is 239 g/mol. The molecular formula is C14H25NS. The molecule has 1 aromatic rings. The van der Waals surface area contributed by atoms with E-state index in [0.29, 0.717) is 6.04 Å². The second-order valence-electron chi connectivity index (χ2n) is 4.71. The van der Waals surface area contributed by atoms with Crippen LogP contribution in [0.2, 0.25) is 0 Å². The molecule has 92 valence electrons. The van der Waals surface area contributed by atoms with Gasteiger partial charge in [0.15, 0.2) is 0 Å². The Kier molecular flexibility index (Phi) is 5.50. The van der Waals surface area contributed by atoms with Crippen LogP contribution in [0, 0.1) is 19.8 Å². The molecule has 16 heavy (non-hydrogen) atoms. The van der Waals surface area contributed by atoms with Crippen LogP contribution in [0.3, 0.4) is 0 Å². The highest BCUT2D eigenvalue weighted by molar-refractivity contribution is 7.12. The molecule has 0 bridgehead atoms. The van der Waals surface area contributed by atoms with Crippen molar-refractivity contribution >= 4 is 11.3 Å². The van der Waals surface area contributed by atoms with Crippen molar-refractivity contribution in [1.82, 2.24) is 5.32 Å². The maximum absolute atomic E-state index is 3.65. The van der Waals surface area contributed by atoms with Crippen molar-refractivity contribution in [2.45, 2.75) is 53.5 Å². The summed E-state index contributed by atoms with van der Waals surface area (Å²) < 4.78 is 0. The molecule has 1 nitrogen and oxygen atoms in total. The average Bonchev–Trinajstić information content (AvgIpc) is 2.54. The minimum absolute atomic E-state index is 0.545. The molecule has 2 heteroatoms. The predicted octanol–water partition coefficient (Wildman–Crippen LogP) is 4.45. The summed E-state index contributed by atoms with van der Waals surface area (Å²) in [7, 11) is 0. The second kappa shape index (κ2) is 6.41. The Morgan fingerprint density at radius 3 is 2.44 bits per heavy atom. The van der Waals surface area contributed by atoms with Crippen LogP contribution in [0.25, 0.3) is 0 Å². The van der Waals surface area contributed by atoms with Gasteiger partial charge in [0.05, 0.1) is 0 Å². The fourth-order valence-electron chi connectivity index (χ4n) is 2.36. The van der Waals surface area contributed by atoms with Crippen LogP contribution in [-0.2, 0) is 0 Å². The highest BCUT2D eigenvalue weighted by Gasteiger charge is 2.21. The van der Waals surface area contributed by atoms with E-state index in [1.165, 1.54) is 23.3 Å². The molecule has 0 amide bonds. The van der Waals surface area contributed by atoms with Gasteiger partial charge in [-0.3, -0.25) is 0 Å². The van der Waals surface area contributed by atoms with E-state index in [9.17, 15) is 0 Å². The molecule has 1 N–H and O–H groups in total. The van der Waals surface area contributed by atoms with Gasteiger partial charge in [-0.05, 0) is 44.4 Å². The van der Waals surface area contributed by atoms with Gasteiger partial charge in [0.1, 0.15) is 0 Å². The smallest absolute Gasteiger partial charge is 0.0443 e. The van der Waals surface area contributed by atoms with Gasteiger partial charge in [-0.2, -0.15) is 0 Å². The Labute approximate surface area is 104 Å². The van der Waals surface area contributed by atoms with Crippen LogP contribution in [0.5, 0.6) is 0 Å². The van der Waals surface area contributed by atoms with Crippen molar-refractivity contribution in [3.8, 4) is 0 Å². The summed E-state index contributed by atoms with van der Waals surface area (Å²) in [6, 6.07) is 2.85. The van der Waals surface area contributed by atoms with Crippen molar-refractivity contribution < 1.29 is 0 Å². The van der Waals surface area contributed by atoms with Crippen LogP contribution in [0.4, 0.5) is 0 Å². The second-order valence-corrected chi connectivity index (χ2v) is 5.99. The summed E-state index contributed by atoms with van der Waals surface area (Å²) in [6.45, 7) is 12.3. The van der Waals surface area contributed by atoms with Gasteiger partial charge >= 0.3 is 0 Å². The summed E-state index contributed by atoms with van der Waals surface area (Å²) in [4.78, 5) is 2.97. The minimum Gasteiger partial charge on any atom is -0.309 e. The molecule has 0 aliphatic heterocycles. The third-order valence-corrected chi connectivity index (χ3v) is 4.33. The van der Waals surface area contributed by atoms with Gasteiger partial charge in [-0.15, -0.1) is 11.3 Å². The van der Waals surface area contributed by atoms with Crippen molar-refractivity contribution in [2.24, 2.45) is 5.92 Å². The molecule has 1 heterocycles. The zero-order chi connectivity index (χ0) is 12.1. The summed E-state index contributed by atoms with van der Waals surface area (Å²) in [6.07, 6.45) is 2.57. The van der Waals surface area contributed by atoms with E-state index in [2.05, 4.69) is 46.0 Å². The predicted molar refractivity (Wildman–Crippen MR) is 74.3 cm³/mol. The molecule has 2 unspecified atom stereocenters. The zero-order valence-corrected chi connectivity index (χ0v) is 12.1. The summed E-state index contributed by atoms with van der Waals surface area (Å²) in [5, 5.41) is 3.65. The lowest BCUT2D eigenvalue weighted by molar-refractivity contribution is 0.373. The van der Waals surface area contributed by atoms with Crippen LogP contribution in [-0.4, -0.2) is 6.54 Å². The molecule has 0 saturated heterocycles. The Morgan fingerprint density at radius 1 is 1.31 bits per heavy atom. The fourth-order valence-corrected chi connectivity index (χ4v) is 3.61. The Bertz CT molecular complexity index is 317. The summed E-state index contributed by atoms with van der Waals surface area (Å²) in [5.74, 6) is 0.724. The molecule has 0 fully saturated rings. The van der Waals surface area contributed by atoms with Gasteiger partial charge in [0.2, 0.25) is 0 Å². The van der Waals surface area contributed by atoms with Crippen molar-refractivity contribution in [3.05, 3.63) is 21.4 Å². The third-order valence-electron chi connectivity index (χ3n) is 3.10. The Balaban J connectivity index is 2.88. The zero-order valence-electron chi connectivity index (χ0n) is 11.3. The molecule has 1 rings (SSSR count). The van der Waals surface area contributed by atoms with Gasteiger partial charge < -0.3 is 5.32 Å². The standard InChI is InChI=1S/C14H25NS/c1-6-8-10(3)13(15-7-2)14-11(4)9-12(5)16-14/h9-10,13,15H,6-8H2,1-5H3. The number of aryl methyl sites for hydroxylation is 2. The van der Waals surface area contributed by atoms with E-state index in [-0.39, 0.29) is 0 Å². The first-order valence-corrected chi connectivity index (χ1v) is 7.22. The molecule has 0 aliphatic carbocycles. The fraction of sp³-hybridized carbons (Fsp3) is 0.714. The normalized spacial score (nSPS) is 15.1. The first-order chi connectivity index (χ1) is 7.60. The molecule has 0 radical (unpaired) electrons. The van der Waals surface area contributed by atoms with E-state index < -0.39 is 0 Å². The van der Waals surface area contributed by atoms with Crippen LogP contribution >= 0.6 is 11.3 Å². The largest absolute Gasteiger partial charge is 0.309 e. The lowest BCUT2D eigenvalue weighted by Crippen LogP contribution is -2.26. The first kappa shape index (κ1) is 13.7. The average molecular weight is 239 g/mol. The molecule has 0 spiro atoms. The summed E-state index contributed by atoms with van der Waals surface area (Å²) in [5.41, 5.74) is 1.46. The number of hydrogen-bond donors (Lipinski definition) is 1. The first-order valence-electron chi connectivity index (χ1n) is 6.40. The Hall–Kier alpha value is -0.340. The maximum Gasteiger partial charge on any atom is 0.0443 e. The van der Waals surface area contributed by atoms with E-state index in [1.807, 2.05) is 11.3 Å². The van der Waals surface area contributed by atoms with E-state index in [0.717, 1.165) is 12.5 Å². The SMILES string of the molecule is CCCC(C)C(NCC)c1sc(C)cc1C. The number of thiophene rings is 1. The molecule has 0 aliphatic rings. The lowest BCUT2D eigenvalue weighted by atomic mass is 9.94. The highest BCUT2D eigenvalue weighted by atomic mass is 32.1. The van der Waals surface area contributed by atoms with Crippen molar-refractivity contribution in [3.63, 3.8) is 0 Å². The van der Waals surface area contributed by atoms with E-state index in [4.69, 9.17) is 0 Å². The van der Waals surface area contributed by atoms with Gasteiger partial charge in [0.25, 0.3) is 0 Å². The molecule has 0 saturated carbocycles. The van der Waals surface area contributed by atoms with Crippen LogP contribution < -0.4 is 5.32 Å². The topological polar surface area (TPSA) is 12.0 Å². The Morgan fingerprint density at radius 2 is 2.00 bits per heavy atom. The lowest BCUT2D eigenvalue weighted by Gasteiger charge is -2.24. The quantitative estimate of drug-likeness (QED) is 0.773. The number of hydrogen-bond acceptors (Lipinski definition) is 2. The molecule has 2 atom stereocenters. The van der Waals surface area contributed by atoms with Gasteiger partial charge in [0, 0.05) is 15.8 Å². The van der Waals surface area contributed by atoms with E-state index >= 15 is 0 Å². The molecular weight excluding hydrogens is 214 g/mol. The van der Waals surface area contributed by atoms with Gasteiger partial charge in [-0.25, -0.2) is 0 Å². The van der Waals surface area contributed by atoms with Crippen LogP contribution in [0.15, 0.2) is 6.07 Å². The third kappa shape index (κ3) is 3.33. The summed E-state index contributed by atoms with van der Waals surface area (Å²) >= 11 is 1.95. The number of rotatable bonds is 6. The number of nitrogens with one attached hydrogen (secondary N) is 1. The maximum atomic E-state index is 3.65.